The molecule has 0 saturated carbocycles. The van der Waals surface area contributed by atoms with Gasteiger partial charge < -0.3 is 5.73 Å². The van der Waals surface area contributed by atoms with E-state index >= 15 is 0 Å². The maximum Gasteiger partial charge on any atom is 0.0968 e. The summed E-state index contributed by atoms with van der Waals surface area (Å²) in [5, 5.41) is 2.62. The summed E-state index contributed by atoms with van der Waals surface area (Å²) in [5.41, 5.74) is 8.04. The lowest BCUT2D eigenvalue weighted by Crippen LogP contribution is -1.95. The van der Waals surface area contributed by atoms with E-state index in [1.807, 2.05) is 30.5 Å². The van der Waals surface area contributed by atoms with Crippen LogP contribution >= 0.6 is 11.6 Å². The van der Waals surface area contributed by atoms with Gasteiger partial charge in [-0.1, -0.05) is 35.9 Å². The average molecular weight is 256 g/mol. The number of halogens is 1. The van der Waals surface area contributed by atoms with Crippen molar-refractivity contribution in [2.75, 3.05) is 5.73 Å². The van der Waals surface area contributed by atoms with Gasteiger partial charge in [0.1, 0.15) is 0 Å². The van der Waals surface area contributed by atoms with Crippen molar-refractivity contribution in [1.29, 1.82) is 0 Å². The molecule has 0 radical (unpaired) electrons. The summed E-state index contributed by atoms with van der Waals surface area (Å²) in [4.78, 5) is 8.53. The molecule has 2 N–H and O–H groups in total. The van der Waals surface area contributed by atoms with Crippen molar-refractivity contribution >= 4 is 28.1 Å². The maximum absolute atomic E-state index is 6.03. The van der Waals surface area contributed by atoms with Crippen LogP contribution in [0.3, 0.4) is 0 Å². The van der Waals surface area contributed by atoms with Crippen LogP contribution in [-0.2, 0) is 0 Å². The first kappa shape index (κ1) is 11.0. The highest BCUT2D eigenvalue weighted by molar-refractivity contribution is 6.33. The number of nitrogens with zero attached hydrogens (tertiary/aromatic N) is 2. The highest BCUT2D eigenvalue weighted by Crippen LogP contribution is 2.33. The molecule has 3 nitrogen and oxygen atoms in total. The minimum absolute atomic E-state index is 0.484. The molecule has 0 fully saturated rings. The van der Waals surface area contributed by atoms with Crippen molar-refractivity contribution in [3.05, 3.63) is 53.9 Å². The molecular weight excluding hydrogens is 246 g/mol. The van der Waals surface area contributed by atoms with Gasteiger partial charge in [-0.15, -0.1) is 0 Å². The number of nitrogen functional groups attached to an aromatic ring is 1. The van der Waals surface area contributed by atoms with Crippen molar-refractivity contribution in [3.63, 3.8) is 0 Å². The van der Waals surface area contributed by atoms with Gasteiger partial charge in [-0.05, 0) is 11.5 Å². The summed E-state index contributed by atoms with van der Waals surface area (Å²) in [6.45, 7) is 0. The van der Waals surface area contributed by atoms with Gasteiger partial charge in [-0.3, -0.25) is 9.97 Å². The molecule has 0 aliphatic heterocycles. The topological polar surface area (TPSA) is 51.8 Å². The zero-order valence-corrected chi connectivity index (χ0v) is 10.2. The Morgan fingerprint density at radius 1 is 1.06 bits per heavy atom. The molecule has 88 valence electrons. The predicted octanol–water partition coefficient (Wildman–Crippen LogP) is 3.53. The summed E-state index contributed by atoms with van der Waals surface area (Å²) in [6.07, 6.45) is 5.23. The first-order valence-corrected chi connectivity index (χ1v) is 5.88. The van der Waals surface area contributed by atoms with Crippen molar-refractivity contribution in [3.8, 4) is 11.3 Å². The monoisotopic (exact) mass is 255 g/mol. The molecule has 4 heteroatoms. The van der Waals surface area contributed by atoms with Crippen LogP contribution < -0.4 is 5.73 Å². The van der Waals surface area contributed by atoms with Crippen LogP contribution in [0.25, 0.3) is 22.0 Å². The van der Waals surface area contributed by atoms with Crippen LogP contribution in [0.5, 0.6) is 0 Å². The molecule has 0 bridgehead atoms. The Bertz CT molecular complexity index is 720. The number of anilines is 1. The van der Waals surface area contributed by atoms with Gasteiger partial charge in [-0.2, -0.15) is 0 Å². The maximum atomic E-state index is 6.03. The number of pyridine rings is 2. The summed E-state index contributed by atoms with van der Waals surface area (Å²) in [7, 11) is 0. The highest BCUT2D eigenvalue weighted by Gasteiger charge is 2.10. The SMILES string of the molecule is Nc1c(Cl)ccnc1-c1cncc2ccccc12. The smallest absolute Gasteiger partial charge is 0.0968 e. The Labute approximate surface area is 109 Å². The Morgan fingerprint density at radius 3 is 2.78 bits per heavy atom. The third-order valence-corrected chi connectivity index (χ3v) is 3.19. The van der Waals surface area contributed by atoms with E-state index in [9.17, 15) is 0 Å². The molecule has 1 aromatic carbocycles. The summed E-state index contributed by atoms with van der Waals surface area (Å²) in [6, 6.07) is 9.66. The van der Waals surface area contributed by atoms with Crippen LogP contribution in [0.2, 0.25) is 5.02 Å². The van der Waals surface area contributed by atoms with Gasteiger partial charge in [0, 0.05) is 29.5 Å². The fraction of sp³-hybridized carbons (Fsp3) is 0. The van der Waals surface area contributed by atoms with Gasteiger partial charge in [0.25, 0.3) is 0 Å². The van der Waals surface area contributed by atoms with Crippen molar-refractivity contribution in [1.82, 2.24) is 9.97 Å². The molecule has 0 aliphatic rings. The molecule has 0 atom stereocenters. The minimum atomic E-state index is 0.484. The standard InChI is InChI=1S/C14H10ClN3/c15-12-5-6-18-14(13(12)16)11-8-17-7-9-3-1-2-4-10(9)11/h1-8H,16H2. The molecular formula is C14H10ClN3. The second-order valence-corrected chi connectivity index (χ2v) is 4.37. The molecule has 0 spiro atoms. The lowest BCUT2D eigenvalue weighted by molar-refractivity contribution is 1.30. The number of fused-ring (bicyclic) bond motifs is 1. The van der Waals surface area contributed by atoms with Gasteiger partial charge >= 0.3 is 0 Å². The molecule has 0 aliphatic carbocycles. The third-order valence-electron chi connectivity index (χ3n) is 2.86. The van der Waals surface area contributed by atoms with Crippen LogP contribution in [0.1, 0.15) is 0 Å². The molecule has 2 aromatic heterocycles. The van der Waals surface area contributed by atoms with E-state index in [2.05, 4.69) is 9.97 Å². The van der Waals surface area contributed by atoms with E-state index in [4.69, 9.17) is 17.3 Å². The van der Waals surface area contributed by atoms with Crippen LogP contribution in [0.4, 0.5) is 5.69 Å². The number of rotatable bonds is 1. The van der Waals surface area contributed by atoms with E-state index in [0.29, 0.717) is 16.4 Å². The van der Waals surface area contributed by atoms with Crippen LogP contribution in [0.15, 0.2) is 48.9 Å². The van der Waals surface area contributed by atoms with E-state index in [1.54, 1.807) is 18.5 Å². The first-order valence-electron chi connectivity index (χ1n) is 5.50. The second-order valence-electron chi connectivity index (χ2n) is 3.96. The van der Waals surface area contributed by atoms with Gasteiger partial charge in [-0.25, -0.2) is 0 Å². The lowest BCUT2D eigenvalue weighted by Gasteiger charge is -2.08. The molecule has 3 rings (SSSR count). The van der Waals surface area contributed by atoms with Crippen molar-refractivity contribution in [2.45, 2.75) is 0 Å². The fourth-order valence-corrected chi connectivity index (χ4v) is 2.12. The average Bonchev–Trinajstić information content (AvgIpc) is 2.41. The quantitative estimate of drug-likeness (QED) is 0.724. The molecule has 0 unspecified atom stereocenters. The Morgan fingerprint density at radius 2 is 1.89 bits per heavy atom. The Balaban J connectivity index is 2.35. The Kier molecular flexibility index (Phi) is 2.61. The molecule has 0 saturated heterocycles. The largest absolute Gasteiger partial charge is 0.396 e. The van der Waals surface area contributed by atoms with Gasteiger partial charge in [0.2, 0.25) is 0 Å². The number of aromatic nitrogens is 2. The van der Waals surface area contributed by atoms with Gasteiger partial charge in [0.15, 0.2) is 0 Å². The summed E-state index contributed by atoms with van der Waals surface area (Å²) >= 11 is 6.03. The predicted molar refractivity (Wildman–Crippen MR) is 74.4 cm³/mol. The van der Waals surface area contributed by atoms with Crippen molar-refractivity contribution < 1.29 is 0 Å². The fourth-order valence-electron chi connectivity index (χ4n) is 1.97. The van der Waals surface area contributed by atoms with Gasteiger partial charge in [0.05, 0.1) is 16.4 Å². The van der Waals surface area contributed by atoms with E-state index < -0.39 is 0 Å². The molecule has 18 heavy (non-hydrogen) atoms. The lowest BCUT2D eigenvalue weighted by atomic mass is 10.0. The molecule has 2 heterocycles. The molecule has 0 amide bonds. The van der Waals surface area contributed by atoms with Crippen molar-refractivity contribution in [2.24, 2.45) is 0 Å². The highest BCUT2D eigenvalue weighted by atomic mass is 35.5. The van der Waals surface area contributed by atoms with Crippen LogP contribution in [0, 0.1) is 0 Å². The van der Waals surface area contributed by atoms with Crippen LogP contribution in [-0.4, -0.2) is 9.97 Å². The minimum Gasteiger partial charge on any atom is -0.396 e. The first-order chi connectivity index (χ1) is 8.77. The number of hydrogen-bond donors (Lipinski definition) is 1. The zero-order chi connectivity index (χ0) is 12.5. The van der Waals surface area contributed by atoms with E-state index in [0.717, 1.165) is 16.3 Å². The normalized spacial score (nSPS) is 10.7. The Hall–Kier alpha value is -2.13. The van der Waals surface area contributed by atoms with E-state index in [-0.39, 0.29) is 0 Å². The number of benzene rings is 1. The second kappa shape index (κ2) is 4.27. The summed E-state index contributed by atoms with van der Waals surface area (Å²) < 4.78 is 0. The molecule has 3 aromatic rings. The number of nitrogens with two attached hydrogens (primary N) is 1. The third kappa shape index (κ3) is 1.69. The summed E-state index contributed by atoms with van der Waals surface area (Å²) in [5.74, 6) is 0. The zero-order valence-electron chi connectivity index (χ0n) is 9.47. The van der Waals surface area contributed by atoms with E-state index in [1.165, 1.54) is 0 Å². The number of hydrogen-bond acceptors (Lipinski definition) is 3.